The van der Waals surface area contributed by atoms with Gasteiger partial charge in [-0.3, -0.25) is 0 Å². The zero-order valence-corrected chi connectivity index (χ0v) is 10.2. The molecule has 0 heterocycles. The molecule has 1 heteroatoms. The van der Waals surface area contributed by atoms with Crippen LogP contribution in [-0.4, -0.2) is 6.16 Å². The van der Waals surface area contributed by atoms with E-state index in [9.17, 15) is 0 Å². The van der Waals surface area contributed by atoms with E-state index in [0.717, 1.165) is 0 Å². The van der Waals surface area contributed by atoms with Gasteiger partial charge in [-0.05, 0) is 19.0 Å². The van der Waals surface area contributed by atoms with Crippen LogP contribution in [0.15, 0.2) is 11.9 Å². The van der Waals surface area contributed by atoms with Crippen LogP contribution in [0.2, 0.25) is 0 Å². The van der Waals surface area contributed by atoms with Crippen molar-refractivity contribution in [2.45, 2.75) is 58.8 Å². The van der Waals surface area contributed by atoms with E-state index in [1.807, 2.05) is 0 Å². The van der Waals surface area contributed by atoms with Crippen LogP contribution in [0.4, 0.5) is 0 Å². The molecular weight excluding hydrogens is 175 g/mol. The summed E-state index contributed by atoms with van der Waals surface area (Å²) in [7, 11) is 1.52. The van der Waals surface area contributed by atoms with Crippen molar-refractivity contribution in [2.75, 3.05) is 6.16 Å². The third kappa shape index (κ3) is 12.2. The van der Waals surface area contributed by atoms with Gasteiger partial charge in [0.25, 0.3) is 0 Å². The highest BCUT2D eigenvalue weighted by Crippen LogP contribution is 2.16. The second-order valence-electron chi connectivity index (χ2n) is 3.47. The summed E-state index contributed by atoms with van der Waals surface area (Å²) in [6, 6.07) is 0. The second kappa shape index (κ2) is 12.2. The molecule has 0 atom stereocenters. The monoisotopic (exact) mass is 199 g/mol. The standard InChI is InChI=1S/C12H24P/c1-3-5-7-8-9-10-12-13-11-6-4-2/h6,11H,3-5,7-10,12H2,1-2H3/b11-6+. The molecule has 0 N–H and O–H groups in total. The first-order valence-corrected chi connectivity index (χ1v) is 6.88. The van der Waals surface area contributed by atoms with Gasteiger partial charge < -0.3 is 0 Å². The molecule has 0 saturated heterocycles. The molecule has 1 radical (unpaired) electrons. The van der Waals surface area contributed by atoms with Crippen LogP contribution in [-0.2, 0) is 0 Å². The Morgan fingerprint density at radius 3 is 2.31 bits per heavy atom. The fourth-order valence-corrected chi connectivity index (χ4v) is 2.15. The lowest BCUT2D eigenvalue weighted by Gasteiger charge is -1.98. The van der Waals surface area contributed by atoms with Crippen LogP contribution >= 0.6 is 8.58 Å². The maximum absolute atomic E-state index is 2.30. The molecular formula is C12H24P. The molecule has 0 amide bonds. The van der Waals surface area contributed by atoms with Crippen molar-refractivity contribution >= 4 is 8.58 Å². The first kappa shape index (κ1) is 13.2. The van der Waals surface area contributed by atoms with E-state index in [4.69, 9.17) is 0 Å². The predicted octanol–water partition coefficient (Wildman–Crippen LogP) is 5.22. The van der Waals surface area contributed by atoms with Gasteiger partial charge >= 0.3 is 0 Å². The molecule has 0 aromatic carbocycles. The molecule has 0 rings (SSSR count). The summed E-state index contributed by atoms with van der Waals surface area (Å²) in [6.07, 6.45) is 13.3. The minimum atomic E-state index is 1.18. The Morgan fingerprint density at radius 2 is 1.62 bits per heavy atom. The number of hydrogen-bond acceptors (Lipinski definition) is 0. The molecule has 0 nitrogen and oxygen atoms in total. The highest BCUT2D eigenvalue weighted by molar-refractivity contribution is 7.41. The van der Waals surface area contributed by atoms with Gasteiger partial charge in [0.1, 0.15) is 0 Å². The fourth-order valence-electron chi connectivity index (χ4n) is 1.24. The molecule has 0 aliphatic carbocycles. The summed E-state index contributed by atoms with van der Waals surface area (Å²) in [4.78, 5) is 0. The smallest absolute Gasteiger partial charge is 0.0250 e. The predicted molar refractivity (Wildman–Crippen MR) is 64.6 cm³/mol. The van der Waals surface area contributed by atoms with E-state index < -0.39 is 0 Å². The highest BCUT2D eigenvalue weighted by Gasteiger charge is 1.89. The van der Waals surface area contributed by atoms with Crippen LogP contribution in [0.25, 0.3) is 0 Å². The summed E-state index contributed by atoms with van der Waals surface area (Å²) >= 11 is 0. The van der Waals surface area contributed by atoms with Gasteiger partial charge in [0.05, 0.1) is 0 Å². The van der Waals surface area contributed by atoms with Gasteiger partial charge in [0.2, 0.25) is 0 Å². The molecule has 77 valence electrons. The SMILES string of the molecule is CC/C=C/[P]CCCCCCCC. The average molecular weight is 199 g/mol. The Morgan fingerprint density at radius 1 is 0.923 bits per heavy atom. The lowest BCUT2D eigenvalue weighted by atomic mass is 10.1. The Kier molecular flexibility index (Phi) is 12.3. The van der Waals surface area contributed by atoms with Gasteiger partial charge in [-0.25, -0.2) is 0 Å². The lowest BCUT2D eigenvalue weighted by molar-refractivity contribution is 0.626. The van der Waals surface area contributed by atoms with E-state index in [1.165, 1.54) is 59.7 Å². The van der Waals surface area contributed by atoms with Crippen LogP contribution < -0.4 is 0 Å². The van der Waals surface area contributed by atoms with Crippen LogP contribution in [0.5, 0.6) is 0 Å². The number of unbranched alkanes of at least 4 members (excludes halogenated alkanes) is 5. The minimum absolute atomic E-state index is 1.18. The Balaban J connectivity index is 2.87. The van der Waals surface area contributed by atoms with Gasteiger partial charge in [-0.1, -0.05) is 66.4 Å². The molecule has 0 saturated carbocycles. The molecule has 13 heavy (non-hydrogen) atoms. The van der Waals surface area contributed by atoms with Gasteiger partial charge in [0, 0.05) is 0 Å². The molecule has 0 fully saturated rings. The molecule has 0 aromatic rings. The molecule has 0 aliphatic rings. The van der Waals surface area contributed by atoms with E-state index >= 15 is 0 Å². The zero-order chi connectivity index (χ0) is 9.78. The van der Waals surface area contributed by atoms with Gasteiger partial charge in [-0.2, -0.15) is 0 Å². The molecule has 0 spiro atoms. The average Bonchev–Trinajstić information content (AvgIpc) is 2.16. The van der Waals surface area contributed by atoms with Crippen molar-refractivity contribution in [3.8, 4) is 0 Å². The van der Waals surface area contributed by atoms with E-state index in [-0.39, 0.29) is 0 Å². The van der Waals surface area contributed by atoms with Crippen molar-refractivity contribution in [2.24, 2.45) is 0 Å². The highest BCUT2D eigenvalue weighted by atomic mass is 31.1. The Bertz CT molecular complexity index is 108. The zero-order valence-electron chi connectivity index (χ0n) is 9.26. The minimum Gasteiger partial charge on any atom is -0.0840 e. The summed E-state index contributed by atoms with van der Waals surface area (Å²) in [5.41, 5.74) is 0. The van der Waals surface area contributed by atoms with Crippen molar-refractivity contribution in [3.63, 3.8) is 0 Å². The molecule has 0 aromatic heterocycles. The number of allylic oxidation sites excluding steroid dienone is 1. The largest absolute Gasteiger partial charge is 0.0840 e. The summed E-state index contributed by atoms with van der Waals surface area (Å²) in [5, 5.41) is 0. The van der Waals surface area contributed by atoms with Gasteiger partial charge in [-0.15, -0.1) is 0 Å². The summed E-state index contributed by atoms with van der Waals surface area (Å²) < 4.78 is 0. The first-order chi connectivity index (χ1) is 6.41. The fraction of sp³-hybridized carbons (Fsp3) is 0.833. The summed E-state index contributed by atoms with van der Waals surface area (Å²) in [6.45, 7) is 4.46. The second-order valence-corrected chi connectivity index (χ2v) is 4.58. The molecule has 0 aliphatic heterocycles. The van der Waals surface area contributed by atoms with E-state index in [1.54, 1.807) is 0 Å². The maximum Gasteiger partial charge on any atom is -0.0250 e. The van der Waals surface area contributed by atoms with Crippen molar-refractivity contribution in [1.29, 1.82) is 0 Å². The number of hydrogen-bond donors (Lipinski definition) is 0. The van der Waals surface area contributed by atoms with Gasteiger partial charge in [0.15, 0.2) is 0 Å². The maximum atomic E-state index is 2.30. The normalized spacial score (nSPS) is 12.2. The molecule has 0 bridgehead atoms. The molecule has 0 unspecified atom stereocenters. The summed E-state index contributed by atoms with van der Waals surface area (Å²) in [5.74, 6) is 2.30. The quantitative estimate of drug-likeness (QED) is 0.353. The lowest BCUT2D eigenvalue weighted by Crippen LogP contribution is -1.79. The van der Waals surface area contributed by atoms with Crippen LogP contribution in [0.1, 0.15) is 58.8 Å². The van der Waals surface area contributed by atoms with Crippen molar-refractivity contribution < 1.29 is 0 Å². The third-order valence-electron chi connectivity index (χ3n) is 2.09. The van der Waals surface area contributed by atoms with Crippen molar-refractivity contribution in [3.05, 3.63) is 11.9 Å². The Hall–Kier alpha value is 0.170. The third-order valence-corrected chi connectivity index (χ3v) is 3.08. The van der Waals surface area contributed by atoms with E-state index in [2.05, 4.69) is 25.7 Å². The number of rotatable bonds is 9. The van der Waals surface area contributed by atoms with Crippen LogP contribution in [0, 0.1) is 0 Å². The Labute approximate surface area is 86.0 Å². The van der Waals surface area contributed by atoms with Crippen LogP contribution in [0.3, 0.4) is 0 Å². The topological polar surface area (TPSA) is 0 Å². The van der Waals surface area contributed by atoms with E-state index in [0.29, 0.717) is 0 Å². The first-order valence-electron chi connectivity index (χ1n) is 5.73. The van der Waals surface area contributed by atoms with Crippen molar-refractivity contribution in [1.82, 2.24) is 0 Å².